The molecule has 1 unspecified atom stereocenters. The number of nitrogens with two attached hydrogens (primary N) is 1. The summed E-state index contributed by atoms with van der Waals surface area (Å²) in [7, 11) is 0. The number of carbonyl (C=O) groups excluding carboxylic acids is 1. The lowest BCUT2D eigenvalue weighted by Crippen LogP contribution is -2.48. The molecule has 0 aromatic rings. The monoisotopic (exact) mass is 325 g/mol. The lowest BCUT2D eigenvalue weighted by atomic mass is 9.85. The maximum atomic E-state index is 12.3. The van der Waals surface area contributed by atoms with Crippen molar-refractivity contribution in [3.63, 3.8) is 0 Å². The highest BCUT2D eigenvalue weighted by molar-refractivity contribution is 5.85. The van der Waals surface area contributed by atoms with E-state index in [0.717, 1.165) is 38.8 Å². The third-order valence-electron chi connectivity index (χ3n) is 4.84. The summed E-state index contributed by atoms with van der Waals surface area (Å²) in [4.78, 5) is 14.8. The van der Waals surface area contributed by atoms with E-state index in [1.54, 1.807) is 0 Å². The van der Waals surface area contributed by atoms with Crippen molar-refractivity contribution in [1.29, 1.82) is 0 Å². The highest BCUT2D eigenvalue weighted by Crippen LogP contribution is 2.37. The number of amides is 1. The van der Waals surface area contributed by atoms with Crippen LogP contribution in [-0.4, -0.2) is 43.0 Å². The van der Waals surface area contributed by atoms with Crippen molar-refractivity contribution in [2.45, 2.75) is 51.5 Å². The molecule has 1 heterocycles. The summed E-state index contributed by atoms with van der Waals surface area (Å²) in [5, 5.41) is 3.16. The largest absolute Gasteiger partial charge is 0.354 e. The van der Waals surface area contributed by atoms with Gasteiger partial charge in [-0.05, 0) is 38.8 Å². The molecule has 0 bridgehead atoms. The SMILES string of the molecule is CCN1CCCC1CNC(=O)C1(CN)CCCC1.Cl.Cl. The van der Waals surface area contributed by atoms with Gasteiger partial charge in [0.1, 0.15) is 0 Å². The van der Waals surface area contributed by atoms with Gasteiger partial charge in [0.15, 0.2) is 0 Å². The molecule has 6 heteroatoms. The molecule has 2 aliphatic rings. The van der Waals surface area contributed by atoms with Gasteiger partial charge in [-0.1, -0.05) is 19.8 Å². The summed E-state index contributed by atoms with van der Waals surface area (Å²) in [6.07, 6.45) is 6.71. The van der Waals surface area contributed by atoms with Gasteiger partial charge in [-0.3, -0.25) is 9.69 Å². The molecule has 1 atom stereocenters. The predicted octanol–water partition coefficient (Wildman–Crippen LogP) is 1.95. The van der Waals surface area contributed by atoms with Crippen molar-refractivity contribution in [3.8, 4) is 0 Å². The summed E-state index contributed by atoms with van der Waals surface area (Å²) in [6.45, 7) is 5.76. The third kappa shape index (κ3) is 4.23. The van der Waals surface area contributed by atoms with Gasteiger partial charge in [-0.15, -0.1) is 24.8 Å². The molecule has 2 fully saturated rings. The Bertz CT molecular complexity index is 296. The molecule has 1 aliphatic heterocycles. The van der Waals surface area contributed by atoms with Crippen LogP contribution in [0.5, 0.6) is 0 Å². The van der Waals surface area contributed by atoms with Crippen LogP contribution in [0.4, 0.5) is 0 Å². The number of likely N-dealkylation sites (N-methyl/N-ethyl adjacent to an activating group) is 1. The number of likely N-dealkylation sites (tertiary alicyclic amines) is 1. The Morgan fingerprint density at radius 2 is 1.95 bits per heavy atom. The van der Waals surface area contributed by atoms with E-state index < -0.39 is 0 Å². The molecule has 0 aromatic heterocycles. The van der Waals surface area contributed by atoms with Crippen LogP contribution in [0, 0.1) is 5.41 Å². The Balaban J connectivity index is 0.00000180. The smallest absolute Gasteiger partial charge is 0.227 e. The van der Waals surface area contributed by atoms with E-state index >= 15 is 0 Å². The van der Waals surface area contributed by atoms with Crippen LogP contribution >= 0.6 is 24.8 Å². The fraction of sp³-hybridized carbons (Fsp3) is 0.929. The summed E-state index contributed by atoms with van der Waals surface area (Å²) < 4.78 is 0. The molecule has 0 aromatic carbocycles. The zero-order valence-corrected chi connectivity index (χ0v) is 14.0. The van der Waals surface area contributed by atoms with Crippen LogP contribution in [0.25, 0.3) is 0 Å². The maximum absolute atomic E-state index is 12.3. The molecule has 1 amide bonds. The van der Waals surface area contributed by atoms with Gasteiger partial charge >= 0.3 is 0 Å². The minimum absolute atomic E-state index is 0. The highest BCUT2D eigenvalue weighted by Gasteiger charge is 2.40. The van der Waals surface area contributed by atoms with Crippen LogP contribution in [-0.2, 0) is 4.79 Å². The van der Waals surface area contributed by atoms with E-state index in [-0.39, 0.29) is 36.1 Å². The highest BCUT2D eigenvalue weighted by atomic mass is 35.5. The molecule has 1 aliphatic carbocycles. The number of hydrogen-bond acceptors (Lipinski definition) is 3. The van der Waals surface area contributed by atoms with E-state index in [9.17, 15) is 4.79 Å². The molecule has 0 radical (unpaired) electrons. The minimum Gasteiger partial charge on any atom is -0.354 e. The molecular formula is C14H29Cl2N3O. The van der Waals surface area contributed by atoms with Crippen LogP contribution in [0.1, 0.15) is 45.4 Å². The average Bonchev–Trinajstić information content (AvgIpc) is 3.05. The van der Waals surface area contributed by atoms with Gasteiger partial charge in [-0.2, -0.15) is 0 Å². The first-order valence-electron chi connectivity index (χ1n) is 7.44. The third-order valence-corrected chi connectivity index (χ3v) is 4.84. The molecule has 1 saturated carbocycles. The van der Waals surface area contributed by atoms with Crippen molar-refractivity contribution < 1.29 is 4.79 Å². The first-order chi connectivity index (χ1) is 8.72. The number of carbonyl (C=O) groups is 1. The zero-order chi connectivity index (χ0) is 13.0. The Hall–Kier alpha value is -0.0300. The van der Waals surface area contributed by atoms with Crippen molar-refractivity contribution >= 4 is 30.7 Å². The summed E-state index contributed by atoms with van der Waals surface area (Å²) in [6, 6.07) is 0.537. The lowest BCUT2D eigenvalue weighted by Gasteiger charge is -2.28. The Morgan fingerprint density at radius 3 is 2.50 bits per heavy atom. The van der Waals surface area contributed by atoms with Gasteiger partial charge in [0.25, 0.3) is 0 Å². The number of halogens is 2. The predicted molar refractivity (Wildman–Crippen MR) is 87.7 cm³/mol. The fourth-order valence-corrected chi connectivity index (χ4v) is 3.52. The van der Waals surface area contributed by atoms with Crippen molar-refractivity contribution in [1.82, 2.24) is 10.2 Å². The van der Waals surface area contributed by atoms with Gasteiger partial charge in [0, 0.05) is 19.1 Å². The normalized spacial score (nSPS) is 24.8. The summed E-state index contributed by atoms with van der Waals surface area (Å²) >= 11 is 0. The maximum Gasteiger partial charge on any atom is 0.227 e. The Morgan fingerprint density at radius 1 is 1.30 bits per heavy atom. The molecule has 20 heavy (non-hydrogen) atoms. The van der Waals surface area contributed by atoms with E-state index in [1.165, 1.54) is 19.4 Å². The van der Waals surface area contributed by atoms with E-state index in [0.29, 0.717) is 12.6 Å². The first kappa shape index (κ1) is 20.0. The topological polar surface area (TPSA) is 58.4 Å². The van der Waals surface area contributed by atoms with E-state index in [1.807, 2.05) is 0 Å². The van der Waals surface area contributed by atoms with Crippen molar-refractivity contribution in [2.24, 2.45) is 11.1 Å². The second kappa shape index (κ2) is 9.08. The van der Waals surface area contributed by atoms with Crippen LogP contribution in [0.3, 0.4) is 0 Å². The standard InChI is InChI=1S/C14H27N3O.2ClH/c1-2-17-9-5-6-12(17)10-16-13(18)14(11-15)7-3-4-8-14;;/h12H,2-11,15H2,1H3,(H,16,18);2*1H. The molecule has 120 valence electrons. The van der Waals surface area contributed by atoms with Crippen LogP contribution < -0.4 is 11.1 Å². The minimum atomic E-state index is -0.254. The molecule has 1 saturated heterocycles. The fourth-order valence-electron chi connectivity index (χ4n) is 3.52. The molecule has 0 spiro atoms. The zero-order valence-electron chi connectivity index (χ0n) is 12.4. The summed E-state index contributed by atoms with van der Waals surface area (Å²) in [5.74, 6) is 0.199. The van der Waals surface area contributed by atoms with Gasteiger partial charge in [0.05, 0.1) is 5.41 Å². The second-order valence-corrected chi connectivity index (χ2v) is 5.83. The quantitative estimate of drug-likeness (QED) is 0.812. The van der Waals surface area contributed by atoms with E-state index in [4.69, 9.17) is 5.73 Å². The van der Waals surface area contributed by atoms with Crippen molar-refractivity contribution in [3.05, 3.63) is 0 Å². The van der Waals surface area contributed by atoms with Crippen molar-refractivity contribution in [2.75, 3.05) is 26.2 Å². The Labute approximate surface area is 135 Å². The number of rotatable bonds is 5. The van der Waals surface area contributed by atoms with Crippen LogP contribution in [0.15, 0.2) is 0 Å². The van der Waals surface area contributed by atoms with Gasteiger partial charge in [0.2, 0.25) is 5.91 Å². The number of nitrogens with one attached hydrogen (secondary N) is 1. The second-order valence-electron chi connectivity index (χ2n) is 5.83. The summed E-state index contributed by atoms with van der Waals surface area (Å²) in [5.41, 5.74) is 5.58. The number of nitrogens with zero attached hydrogens (tertiary/aromatic N) is 1. The van der Waals surface area contributed by atoms with E-state index in [2.05, 4.69) is 17.1 Å². The average molecular weight is 326 g/mol. The Kier molecular flexibility index (Phi) is 9.07. The number of hydrogen-bond donors (Lipinski definition) is 2. The van der Waals surface area contributed by atoms with Gasteiger partial charge in [-0.25, -0.2) is 0 Å². The lowest BCUT2D eigenvalue weighted by molar-refractivity contribution is -0.130. The van der Waals surface area contributed by atoms with Gasteiger partial charge < -0.3 is 11.1 Å². The molecule has 3 N–H and O–H groups in total. The molecule has 2 rings (SSSR count). The molecule has 4 nitrogen and oxygen atoms in total. The first-order valence-corrected chi connectivity index (χ1v) is 7.44. The van der Waals surface area contributed by atoms with Crippen LogP contribution in [0.2, 0.25) is 0 Å². The molecular weight excluding hydrogens is 297 g/mol.